The van der Waals surface area contributed by atoms with E-state index in [1.807, 2.05) is 6.07 Å². The summed E-state index contributed by atoms with van der Waals surface area (Å²) in [5, 5.41) is 23.5. The molecule has 1 N–H and O–H groups in total. The first kappa shape index (κ1) is 19.2. The maximum absolute atomic E-state index is 13.7. The number of nitriles is 1. The maximum Gasteiger partial charge on any atom is 0.439 e. The topological polar surface area (TPSA) is 85.9 Å². The SMILES string of the molecule is N#Cc1ccccc1OCC(=O)N1N=C2CCCCC[C@@H]2[C@@]1(O)C(F)(F)F. The van der Waals surface area contributed by atoms with Crippen LogP contribution in [0.4, 0.5) is 13.2 Å². The van der Waals surface area contributed by atoms with Gasteiger partial charge in [0.2, 0.25) is 0 Å². The third-order valence-electron chi connectivity index (χ3n) is 4.88. The molecule has 3 rings (SSSR count). The van der Waals surface area contributed by atoms with E-state index in [2.05, 4.69) is 5.10 Å². The van der Waals surface area contributed by atoms with Gasteiger partial charge in [-0.2, -0.15) is 28.5 Å². The zero-order chi connectivity index (χ0) is 19.7. The van der Waals surface area contributed by atoms with Crippen LogP contribution in [0.15, 0.2) is 29.4 Å². The van der Waals surface area contributed by atoms with Crippen molar-refractivity contribution >= 4 is 11.6 Å². The highest BCUT2D eigenvalue weighted by Crippen LogP contribution is 2.47. The minimum Gasteiger partial charge on any atom is -0.482 e. The van der Waals surface area contributed by atoms with Crippen molar-refractivity contribution in [3.8, 4) is 11.8 Å². The summed E-state index contributed by atoms with van der Waals surface area (Å²) in [6.07, 6.45) is -2.70. The van der Waals surface area contributed by atoms with Crippen LogP contribution in [0.2, 0.25) is 0 Å². The van der Waals surface area contributed by atoms with E-state index in [0.717, 1.165) is 6.42 Å². The van der Waals surface area contributed by atoms with Crippen LogP contribution in [0.1, 0.15) is 37.7 Å². The van der Waals surface area contributed by atoms with Gasteiger partial charge in [0, 0.05) is 5.71 Å². The molecule has 1 fully saturated rings. The number of nitrogens with zero attached hydrogens (tertiary/aromatic N) is 3. The van der Waals surface area contributed by atoms with Gasteiger partial charge < -0.3 is 9.84 Å². The summed E-state index contributed by atoms with van der Waals surface area (Å²) < 4.78 is 46.4. The molecule has 0 unspecified atom stereocenters. The third kappa shape index (κ3) is 3.37. The zero-order valence-corrected chi connectivity index (χ0v) is 14.4. The molecule has 2 aliphatic rings. The first-order valence-electron chi connectivity index (χ1n) is 8.60. The van der Waals surface area contributed by atoms with Gasteiger partial charge in [0.1, 0.15) is 11.8 Å². The number of carbonyl (C=O) groups is 1. The Balaban J connectivity index is 1.84. The molecule has 6 nitrogen and oxygen atoms in total. The highest BCUT2D eigenvalue weighted by atomic mass is 19.4. The first-order valence-corrected chi connectivity index (χ1v) is 8.60. The molecule has 2 atom stereocenters. The minimum absolute atomic E-state index is 0.0740. The summed E-state index contributed by atoms with van der Waals surface area (Å²) >= 11 is 0. The molecule has 0 saturated heterocycles. The van der Waals surface area contributed by atoms with Gasteiger partial charge in [-0.3, -0.25) is 4.79 Å². The lowest BCUT2D eigenvalue weighted by atomic mass is 9.87. The molecule has 0 spiro atoms. The van der Waals surface area contributed by atoms with Gasteiger partial charge in [0.25, 0.3) is 11.6 Å². The lowest BCUT2D eigenvalue weighted by molar-refractivity contribution is -0.317. The summed E-state index contributed by atoms with van der Waals surface area (Å²) in [6, 6.07) is 7.92. The standard InChI is InChI=1S/C18H18F3N3O3/c19-18(20,21)17(26)13-7-2-1-3-8-14(13)23-24(17)16(25)11-27-15-9-5-4-6-12(15)10-22/h4-6,9,13,26H,1-3,7-8,11H2/t13-,17+/m0/s1. The minimum atomic E-state index is -5.06. The highest BCUT2D eigenvalue weighted by Gasteiger charge is 2.68. The monoisotopic (exact) mass is 381 g/mol. The Hall–Kier alpha value is -2.60. The van der Waals surface area contributed by atoms with Gasteiger partial charge in [0.05, 0.1) is 11.5 Å². The molecule has 1 aromatic carbocycles. The van der Waals surface area contributed by atoms with Crippen molar-refractivity contribution in [2.24, 2.45) is 11.0 Å². The fourth-order valence-corrected chi connectivity index (χ4v) is 3.53. The first-order chi connectivity index (χ1) is 12.8. The van der Waals surface area contributed by atoms with Gasteiger partial charge in [-0.05, 0) is 31.4 Å². The average molecular weight is 381 g/mol. The normalized spacial score (nSPS) is 25.2. The van der Waals surface area contributed by atoms with Crippen molar-refractivity contribution in [2.75, 3.05) is 6.61 Å². The molecule has 1 aromatic rings. The maximum atomic E-state index is 13.7. The van der Waals surface area contributed by atoms with Crippen LogP contribution in [0.5, 0.6) is 5.75 Å². The number of hydrazone groups is 1. The zero-order valence-electron chi connectivity index (χ0n) is 14.4. The molecule has 0 aromatic heterocycles. The van der Waals surface area contributed by atoms with Crippen molar-refractivity contribution < 1.29 is 27.8 Å². The van der Waals surface area contributed by atoms with E-state index >= 15 is 0 Å². The molecule has 1 aliphatic heterocycles. The third-order valence-corrected chi connectivity index (χ3v) is 4.88. The largest absolute Gasteiger partial charge is 0.482 e. The second-order valence-electron chi connectivity index (χ2n) is 6.57. The molecule has 144 valence electrons. The number of amides is 1. The molecule has 9 heteroatoms. The quantitative estimate of drug-likeness (QED) is 0.872. The summed E-state index contributed by atoms with van der Waals surface area (Å²) in [4.78, 5) is 12.5. The van der Waals surface area contributed by atoms with Gasteiger partial charge in [0.15, 0.2) is 6.61 Å². The number of benzene rings is 1. The van der Waals surface area contributed by atoms with Crippen LogP contribution in [-0.2, 0) is 4.79 Å². The number of aliphatic hydroxyl groups is 1. The number of carbonyl (C=O) groups excluding carboxylic acids is 1. The van der Waals surface area contributed by atoms with E-state index in [4.69, 9.17) is 10.00 Å². The van der Waals surface area contributed by atoms with Crippen LogP contribution < -0.4 is 4.74 Å². The lowest BCUT2D eigenvalue weighted by Gasteiger charge is -2.37. The molecule has 0 bridgehead atoms. The molecular weight excluding hydrogens is 363 g/mol. The van der Waals surface area contributed by atoms with Crippen LogP contribution >= 0.6 is 0 Å². The highest BCUT2D eigenvalue weighted by molar-refractivity contribution is 5.93. The Morgan fingerprint density at radius 3 is 2.81 bits per heavy atom. The molecular formula is C18H18F3N3O3. The van der Waals surface area contributed by atoms with E-state index in [1.54, 1.807) is 12.1 Å². The number of alkyl halides is 3. The number of hydrogen-bond donors (Lipinski definition) is 1. The number of rotatable bonds is 3. The fraction of sp³-hybridized carbons (Fsp3) is 0.500. The Kier molecular flexibility index (Phi) is 5.11. The Bertz CT molecular complexity index is 803. The number of para-hydroxylation sites is 1. The van der Waals surface area contributed by atoms with Crippen LogP contribution in [-0.4, -0.2) is 40.2 Å². The smallest absolute Gasteiger partial charge is 0.439 e. The van der Waals surface area contributed by atoms with Crippen LogP contribution in [0, 0.1) is 17.2 Å². The second kappa shape index (κ2) is 7.19. The number of halogens is 3. The Labute approximate surface area is 153 Å². The average Bonchev–Trinajstić information content (AvgIpc) is 2.79. The molecule has 0 radical (unpaired) electrons. The van der Waals surface area contributed by atoms with Crippen LogP contribution in [0.25, 0.3) is 0 Å². The van der Waals surface area contributed by atoms with E-state index in [9.17, 15) is 23.1 Å². The van der Waals surface area contributed by atoms with Crippen molar-refractivity contribution in [2.45, 2.75) is 44.0 Å². The summed E-state index contributed by atoms with van der Waals surface area (Å²) in [7, 11) is 0. The fourth-order valence-electron chi connectivity index (χ4n) is 3.53. The van der Waals surface area contributed by atoms with Gasteiger partial charge in [-0.25, -0.2) is 0 Å². The van der Waals surface area contributed by atoms with Crippen molar-refractivity contribution in [3.05, 3.63) is 29.8 Å². The Morgan fingerprint density at radius 1 is 1.37 bits per heavy atom. The van der Waals surface area contributed by atoms with Crippen LogP contribution in [0.3, 0.4) is 0 Å². The number of fused-ring (bicyclic) bond motifs is 1. The molecule has 1 amide bonds. The van der Waals surface area contributed by atoms with E-state index in [-0.39, 0.29) is 28.5 Å². The molecule has 1 aliphatic carbocycles. The predicted octanol–water partition coefficient (Wildman–Crippen LogP) is 2.97. The van der Waals surface area contributed by atoms with Crippen molar-refractivity contribution in [1.29, 1.82) is 5.26 Å². The molecule has 1 saturated carbocycles. The summed E-state index contributed by atoms with van der Waals surface area (Å²) in [5.41, 5.74) is -3.03. The number of hydrogen-bond acceptors (Lipinski definition) is 5. The van der Waals surface area contributed by atoms with Gasteiger partial charge in [-0.1, -0.05) is 25.0 Å². The number of ether oxygens (including phenoxy) is 1. The van der Waals surface area contributed by atoms with Crippen molar-refractivity contribution in [3.63, 3.8) is 0 Å². The van der Waals surface area contributed by atoms with E-state index < -0.39 is 30.3 Å². The van der Waals surface area contributed by atoms with Crippen molar-refractivity contribution in [1.82, 2.24) is 5.01 Å². The van der Waals surface area contributed by atoms with Gasteiger partial charge in [-0.15, -0.1) is 0 Å². The Morgan fingerprint density at radius 2 is 2.11 bits per heavy atom. The summed E-state index contributed by atoms with van der Waals surface area (Å²) in [5.74, 6) is -2.32. The van der Waals surface area contributed by atoms with E-state index in [1.165, 1.54) is 12.1 Å². The second-order valence-corrected chi connectivity index (χ2v) is 6.57. The molecule has 27 heavy (non-hydrogen) atoms. The predicted molar refractivity (Wildman–Crippen MR) is 88.5 cm³/mol. The lowest BCUT2D eigenvalue weighted by Crippen LogP contribution is -2.61. The van der Waals surface area contributed by atoms with Gasteiger partial charge >= 0.3 is 6.18 Å². The van der Waals surface area contributed by atoms with E-state index in [0.29, 0.717) is 19.3 Å². The molecule has 1 heterocycles. The summed E-state index contributed by atoms with van der Waals surface area (Å²) in [6.45, 7) is -0.777.